The van der Waals surface area contributed by atoms with Gasteiger partial charge in [-0.2, -0.15) is 0 Å². The van der Waals surface area contributed by atoms with Gasteiger partial charge < -0.3 is 15.4 Å². The zero-order chi connectivity index (χ0) is 19.1. The maximum atomic E-state index is 13.5. The molecule has 1 unspecified atom stereocenters. The number of rotatable bonds is 7. The van der Waals surface area contributed by atoms with Crippen LogP contribution in [0.25, 0.3) is 0 Å². The first-order valence-electron chi connectivity index (χ1n) is 8.16. The summed E-state index contributed by atoms with van der Waals surface area (Å²) in [6.07, 6.45) is 0.392. The van der Waals surface area contributed by atoms with Crippen LogP contribution in [-0.2, 0) is 9.59 Å². The summed E-state index contributed by atoms with van der Waals surface area (Å²) in [5.74, 6) is -2.29. The second kappa shape index (κ2) is 8.94. The van der Waals surface area contributed by atoms with E-state index in [0.717, 1.165) is 17.7 Å². The Morgan fingerprint density at radius 2 is 1.77 bits per heavy atom. The van der Waals surface area contributed by atoms with Gasteiger partial charge in [0.25, 0.3) is 5.91 Å². The van der Waals surface area contributed by atoms with Gasteiger partial charge in [0.05, 0.1) is 6.04 Å². The third-order valence-corrected chi connectivity index (χ3v) is 3.65. The zero-order valence-electron chi connectivity index (χ0n) is 14.5. The number of carbonyl (C=O) groups is 2. The van der Waals surface area contributed by atoms with Crippen molar-refractivity contribution in [2.24, 2.45) is 0 Å². The lowest BCUT2D eigenvalue weighted by Crippen LogP contribution is -2.31. The number of hydrogen-bond donors (Lipinski definition) is 2. The Morgan fingerprint density at radius 3 is 2.38 bits per heavy atom. The number of benzene rings is 2. The van der Waals surface area contributed by atoms with Crippen molar-refractivity contribution in [2.45, 2.75) is 26.3 Å². The van der Waals surface area contributed by atoms with Gasteiger partial charge in [-0.15, -0.1) is 0 Å². The summed E-state index contributed by atoms with van der Waals surface area (Å²) >= 11 is 0. The molecule has 0 saturated heterocycles. The van der Waals surface area contributed by atoms with Crippen molar-refractivity contribution in [1.82, 2.24) is 5.32 Å². The van der Waals surface area contributed by atoms with E-state index in [9.17, 15) is 18.4 Å². The van der Waals surface area contributed by atoms with Crippen molar-refractivity contribution < 1.29 is 23.1 Å². The highest BCUT2D eigenvalue weighted by Gasteiger charge is 2.12. The fraction of sp³-hybridized carbons (Fsp3) is 0.263. The molecule has 0 aromatic heterocycles. The molecule has 0 aliphatic carbocycles. The Bertz CT molecular complexity index is 779. The van der Waals surface area contributed by atoms with Crippen molar-refractivity contribution in [3.8, 4) is 5.75 Å². The number of anilines is 1. The predicted molar refractivity (Wildman–Crippen MR) is 93.8 cm³/mol. The first-order chi connectivity index (χ1) is 12.4. The first-order valence-corrected chi connectivity index (χ1v) is 8.16. The van der Waals surface area contributed by atoms with Crippen molar-refractivity contribution in [3.63, 3.8) is 0 Å². The summed E-state index contributed by atoms with van der Waals surface area (Å²) in [5.41, 5.74) is 1.51. The molecule has 2 rings (SSSR count). The van der Waals surface area contributed by atoms with Crippen LogP contribution in [0.3, 0.4) is 0 Å². The molecule has 0 aliphatic rings. The number of carbonyl (C=O) groups excluding carboxylic acids is 2. The second-order valence-corrected chi connectivity index (χ2v) is 5.68. The van der Waals surface area contributed by atoms with Crippen LogP contribution < -0.4 is 15.4 Å². The molecule has 2 aromatic rings. The normalized spacial score (nSPS) is 11.5. The highest BCUT2D eigenvalue weighted by Crippen LogP contribution is 2.18. The third-order valence-electron chi connectivity index (χ3n) is 3.65. The van der Waals surface area contributed by atoms with Gasteiger partial charge in [-0.1, -0.05) is 19.1 Å². The highest BCUT2D eigenvalue weighted by atomic mass is 19.1. The van der Waals surface area contributed by atoms with E-state index in [1.54, 1.807) is 38.1 Å². The molecule has 0 spiro atoms. The summed E-state index contributed by atoms with van der Waals surface area (Å²) in [6, 6.07) is 9.64. The van der Waals surface area contributed by atoms with E-state index in [4.69, 9.17) is 4.74 Å². The van der Waals surface area contributed by atoms with Crippen LogP contribution in [0.5, 0.6) is 5.75 Å². The Morgan fingerprint density at radius 1 is 1.08 bits per heavy atom. The van der Waals surface area contributed by atoms with E-state index in [-0.39, 0.29) is 17.7 Å². The summed E-state index contributed by atoms with van der Waals surface area (Å²) < 4.78 is 31.3. The predicted octanol–water partition coefficient (Wildman–Crippen LogP) is 3.57. The molecular formula is C19H20F2N2O3. The molecule has 0 heterocycles. The Kier molecular flexibility index (Phi) is 6.66. The average Bonchev–Trinajstić information content (AvgIpc) is 2.61. The van der Waals surface area contributed by atoms with Crippen molar-refractivity contribution >= 4 is 17.5 Å². The van der Waals surface area contributed by atoms with Crippen LogP contribution in [0.4, 0.5) is 14.5 Å². The summed E-state index contributed by atoms with van der Waals surface area (Å²) in [4.78, 5) is 23.3. The van der Waals surface area contributed by atoms with Gasteiger partial charge in [0.15, 0.2) is 18.2 Å². The highest BCUT2D eigenvalue weighted by molar-refractivity contribution is 5.90. The molecule has 0 aliphatic heterocycles. The van der Waals surface area contributed by atoms with Crippen LogP contribution in [0.1, 0.15) is 31.9 Å². The minimum absolute atomic E-state index is 0.0794. The monoisotopic (exact) mass is 362 g/mol. The summed E-state index contributed by atoms with van der Waals surface area (Å²) in [7, 11) is 0. The Balaban J connectivity index is 1.87. The van der Waals surface area contributed by atoms with Gasteiger partial charge in [0, 0.05) is 18.2 Å². The number of halogens is 2. The van der Waals surface area contributed by atoms with Crippen molar-refractivity contribution in [3.05, 3.63) is 59.7 Å². The maximum Gasteiger partial charge on any atom is 0.258 e. The van der Waals surface area contributed by atoms with Crippen molar-refractivity contribution in [1.29, 1.82) is 0 Å². The third kappa shape index (κ3) is 5.54. The number of hydrogen-bond acceptors (Lipinski definition) is 3. The second-order valence-electron chi connectivity index (χ2n) is 5.68. The van der Waals surface area contributed by atoms with Crippen LogP contribution >= 0.6 is 0 Å². The van der Waals surface area contributed by atoms with E-state index in [1.807, 2.05) is 0 Å². The molecule has 2 N–H and O–H groups in total. The molecule has 5 nitrogen and oxygen atoms in total. The van der Waals surface area contributed by atoms with E-state index in [2.05, 4.69) is 10.6 Å². The zero-order valence-corrected chi connectivity index (χ0v) is 14.5. The smallest absolute Gasteiger partial charge is 0.258 e. The Labute approximate surface area is 150 Å². The molecule has 2 aromatic carbocycles. The van der Waals surface area contributed by atoms with Crippen LogP contribution in [0.15, 0.2) is 42.5 Å². The van der Waals surface area contributed by atoms with Crippen LogP contribution in [0.2, 0.25) is 0 Å². The molecule has 138 valence electrons. The topological polar surface area (TPSA) is 67.4 Å². The molecule has 1 atom stereocenters. The fourth-order valence-corrected chi connectivity index (χ4v) is 2.21. The van der Waals surface area contributed by atoms with Crippen molar-refractivity contribution in [2.75, 3.05) is 11.9 Å². The van der Waals surface area contributed by atoms with Gasteiger partial charge in [0.2, 0.25) is 5.91 Å². The van der Waals surface area contributed by atoms with Gasteiger partial charge in [-0.05, 0) is 36.8 Å². The quantitative estimate of drug-likeness (QED) is 0.791. The molecule has 7 heteroatoms. The van der Waals surface area contributed by atoms with E-state index in [0.29, 0.717) is 18.2 Å². The standard InChI is InChI=1S/C19H20F2N2O3/c1-3-18(24)23-15-7-4-13(5-8-15)12(2)22-19(25)11-26-17-9-6-14(20)10-16(17)21/h4-10,12H,3,11H2,1-2H3,(H,22,25)(H,23,24). The summed E-state index contributed by atoms with van der Waals surface area (Å²) in [5, 5.41) is 5.46. The molecule has 2 amide bonds. The largest absolute Gasteiger partial charge is 0.481 e. The van der Waals surface area contributed by atoms with Gasteiger partial charge in [0.1, 0.15) is 5.82 Å². The molecule has 0 fully saturated rings. The molecule has 26 heavy (non-hydrogen) atoms. The van der Waals surface area contributed by atoms with E-state index >= 15 is 0 Å². The minimum Gasteiger partial charge on any atom is -0.481 e. The Hall–Kier alpha value is -2.96. The molecular weight excluding hydrogens is 342 g/mol. The van der Waals surface area contributed by atoms with E-state index in [1.165, 1.54) is 0 Å². The van der Waals surface area contributed by atoms with Gasteiger partial charge >= 0.3 is 0 Å². The van der Waals surface area contributed by atoms with Crippen LogP contribution in [0, 0.1) is 11.6 Å². The summed E-state index contributed by atoms with van der Waals surface area (Å²) in [6.45, 7) is 3.16. The SMILES string of the molecule is CCC(=O)Nc1ccc(C(C)NC(=O)COc2ccc(F)cc2F)cc1. The minimum atomic E-state index is -0.865. The number of ether oxygens (including phenoxy) is 1. The lowest BCUT2D eigenvalue weighted by Gasteiger charge is -2.15. The van der Waals surface area contributed by atoms with E-state index < -0.39 is 24.1 Å². The van der Waals surface area contributed by atoms with Crippen LogP contribution in [-0.4, -0.2) is 18.4 Å². The first kappa shape index (κ1) is 19.4. The maximum absolute atomic E-state index is 13.5. The molecule has 0 radical (unpaired) electrons. The number of amides is 2. The average molecular weight is 362 g/mol. The lowest BCUT2D eigenvalue weighted by atomic mass is 10.1. The lowest BCUT2D eigenvalue weighted by molar-refractivity contribution is -0.123. The molecule has 0 bridgehead atoms. The molecule has 0 saturated carbocycles. The number of nitrogens with one attached hydrogen (secondary N) is 2. The van der Waals surface area contributed by atoms with Gasteiger partial charge in [-0.25, -0.2) is 8.78 Å². The van der Waals surface area contributed by atoms with Gasteiger partial charge in [-0.3, -0.25) is 9.59 Å². The fourth-order valence-electron chi connectivity index (χ4n) is 2.21.